The average molecular weight is 683 g/mol. The van der Waals surface area contributed by atoms with Crippen molar-refractivity contribution in [3.05, 3.63) is 96.1 Å². The molecular formula is C36H46N2O9S. The van der Waals surface area contributed by atoms with Crippen LogP contribution in [0.5, 0.6) is 5.75 Å². The number of aliphatic hydroxyl groups excluding tert-OH is 1. The summed E-state index contributed by atoms with van der Waals surface area (Å²) in [5, 5.41) is 14.5. The van der Waals surface area contributed by atoms with E-state index < -0.39 is 40.7 Å². The second-order valence-electron chi connectivity index (χ2n) is 12.6. The lowest BCUT2D eigenvalue weighted by atomic mass is 9.93. The number of nitrogens with zero attached hydrogens (tertiary/aromatic N) is 1. The van der Waals surface area contributed by atoms with Crippen molar-refractivity contribution in [2.75, 3.05) is 33.4 Å². The number of fused-ring (bicyclic) bond motifs is 1. The fraction of sp³-hybridized carbons (Fsp3) is 0.472. The maximum atomic E-state index is 13.8. The van der Waals surface area contributed by atoms with Crippen LogP contribution in [0.1, 0.15) is 31.4 Å². The summed E-state index contributed by atoms with van der Waals surface area (Å²) < 4.78 is 57.9. The second kappa shape index (κ2) is 16.7. The maximum Gasteiger partial charge on any atom is 0.407 e. The first-order valence-electron chi connectivity index (χ1n) is 16.4. The molecule has 3 aromatic rings. The Bertz CT molecular complexity index is 1540. The number of amides is 1. The van der Waals surface area contributed by atoms with E-state index in [0.717, 1.165) is 11.1 Å². The number of sulfonamides is 1. The van der Waals surface area contributed by atoms with Gasteiger partial charge >= 0.3 is 6.09 Å². The first kappa shape index (κ1) is 35.8. The fourth-order valence-electron chi connectivity index (χ4n) is 6.11. The highest BCUT2D eigenvalue weighted by atomic mass is 32.2. The fourth-order valence-corrected chi connectivity index (χ4v) is 7.73. The van der Waals surface area contributed by atoms with Crippen molar-refractivity contribution < 1.29 is 42.0 Å². The second-order valence-corrected chi connectivity index (χ2v) is 14.6. The molecule has 48 heavy (non-hydrogen) atoms. The predicted molar refractivity (Wildman–Crippen MR) is 179 cm³/mol. The number of methoxy groups -OCH3 is 1. The first-order chi connectivity index (χ1) is 23.1. The van der Waals surface area contributed by atoms with Gasteiger partial charge in [-0.05, 0) is 47.7 Å². The molecule has 3 aromatic carbocycles. The summed E-state index contributed by atoms with van der Waals surface area (Å²) in [5.41, 5.74) is 1.88. The highest BCUT2D eigenvalue weighted by Gasteiger charge is 2.48. The normalized spacial score (nSPS) is 22.2. The summed E-state index contributed by atoms with van der Waals surface area (Å²) in [5.74, 6) is 0.175. The van der Waals surface area contributed by atoms with E-state index >= 15 is 0 Å². The van der Waals surface area contributed by atoms with Crippen molar-refractivity contribution in [2.24, 2.45) is 11.8 Å². The standard InChI is InChI=1S/C36H46N2O9S/c1-25(2)21-38(48(41,42)29-16-14-28(43-3)15-17-29)22-31(39)30(20-26-10-6-4-7-11-26)37-36(40)47-32-18-19-44-35-34(32)33(24-46-35)45-23-27-12-8-5-9-13-27/h4-17,25,30-35,39H,18-24H2,1-3H3,(H,37,40)/t30-,31+,32-,33?,34?,35-/m0/s1. The predicted octanol–water partition coefficient (Wildman–Crippen LogP) is 4.39. The molecule has 0 saturated carbocycles. The quantitative estimate of drug-likeness (QED) is 0.240. The van der Waals surface area contributed by atoms with Crippen molar-refractivity contribution in [2.45, 2.75) is 68.8 Å². The summed E-state index contributed by atoms with van der Waals surface area (Å²) in [4.78, 5) is 13.6. The Balaban J connectivity index is 1.30. The van der Waals surface area contributed by atoms with Crippen LogP contribution in [-0.4, -0.2) is 88.0 Å². The monoisotopic (exact) mass is 682 g/mol. The van der Waals surface area contributed by atoms with Crippen LogP contribution in [0, 0.1) is 11.8 Å². The maximum absolute atomic E-state index is 13.8. The summed E-state index contributed by atoms with van der Waals surface area (Å²) in [6.45, 7) is 4.80. The number of hydrogen-bond acceptors (Lipinski definition) is 9. The topological polar surface area (TPSA) is 133 Å². The zero-order valence-electron chi connectivity index (χ0n) is 27.6. The molecule has 12 heteroatoms. The van der Waals surface area contributed by atoms with Crippen LogP contribution < -0.4 is 10.1 Å². The smallest absolute Gasteiger partial charge is 0.407 e. The molecule has 0 bridgehead atoms. The van der Waals surface area contributed by atoms with E-state index in [9.17, 15) is 18.3 Å². The number of hydrogen-bond donors (Lipinski definition) is 2. The van der Waals surface area contributed by atoms with Gasteiger partial charge in [0.25, 0.3) is 0 Å². The molecule has 6 atom stereocenters. The number of nitrogens with one attached hydrogen (secondary N) is 1. The van der Waals surface area contributed by atoms with Gasteiger partial charge in [0.05, 0.1) is 56.0 Å². The molecule has 0 spiro atoms. The highest BCUT2D eigenvalue weighted by Crippen LogP contribution is 2.35. The van der Waals surface area contributed by atoms with Gasteiger partial charge in [-0.25, -0.2) is 13.2 Å². The number of ether oxygens (including phenoxy) is 5. The molecule has 2 unspecified atom stereocenters. The summed E-state index contributed by atoms with van der Waals surface area (Å²) >= 11 is 0. The summed E-state index contributed by atoms with van der Waals surface area (Å²) in [6.07, 6.45) is -2.72. The Morgan fingerprint density at radius 1 is 0.938 bits per heavy atom. The molecule has 0 aliphatic carbocycles. The van der Waals surface area contributed by atoms with Gasteiger partial charge in [0.1, 0.15) is 11.9 Å². The van der Waals surface area contributed by atoms with E-state index in [1.165, 1.54) is 23.5 Å². The Kier molecular flexibility index (Phi) is 12.5. The number of carbonyl (C=O) groups excluding carboxylic acids is 1. The van der Waals surface area contributed by atoms with E-state index in [2.05, 4.69) is 5.32 Å². The number of aliphatic hydroxyl groups is 1. The van der Waals surface area contributed by atoms with Gasteiger partial charge in [-0.1, -0.05) is 74.5 Å². The Morgan fingerprint density at radius 2 is 1.60 bits per heavy atom. The molecule has 5 rings (SSSR count). The minimum Gasteiger partial charge on any atom is -0.497 e. The van der Waals surface area contributed by atoms with Gasteiger partial charge in [0.15, 0.2) is 6.29 Å². The molecule has 2 aliphatic rings. The van der Waals surface area contributed by atoms with Crippen molar-refractivity contribution >= 4 is 16.1 Å². The van der Waals surface area contributed by atoms with E-state index in [-0.39, 0.29) is 42.3 Å². The Hall–Kier alpha value is -3.52. The minimum atomic E-state index is -3.98. The zero-order chi connectivity index (χ0) is 34.1. The molecule has 1 amide bonds. The van der Waals surface area contributed by atoms with E-state index in [1.54, 1.807) is 12.1 Å². The lowest BCUT2D eigenvalue weighted by molar-refractivity contribution is -0.185. The molecule has 2 heterocycles. The van der Waals surface area contributed by atoms with E-state index in [0.29, 0.717) is 32.0 Å². The van der Waals surface area contributed by atoms with E-state index in [1.807, 2.05) is 74.5 Å². The van der Waals surface area contributed by atoms with Gasteiger partial charge < -0.3 is 34.1 Å². The van der Waals surface area contributed by atoms with Crippen LogP contribution >= 0.6 is 0 Å². The van der Waals surface area contributed by atoms with Crippen molar-refractivity contribution in [1.29, 1.82) is 0 Å². The third kappa shape index (κ3) is 9.34. The molecular weight excluding hydrogens is 636 g/mol. The molecule has 2 saturated heterocycles. The molecule has 2 fully saturated rings. The lowest BCUT2D eigenvalue weighted by Crippen LogP contribution is -2.52. The molecule has 260 valence electrons. The number of rotatable bonds is 15. The van der Waals surface area contributed by atoms with Gasteiger partial charge in [-0.3, -0.25) is 0 Å². The van der Waals surface area contributed by atoms with Crippen LogP contribution in [0.2, 0.25) is 0 Å². The third-order valence-electron chi connectivity index (χ3n) is 8.57. The SMILES string of the molecule is COc1ccc(S(=O)(=O)N(CC(C)C)C[C@@H](O)[C@H](Cc2ccccc2)NC(=O)O[C@H]2CCO[C@H]3OCC(OCc4ccccc4)C32)cc1. The molecule has 11 nitrogen and oxygen atoms in total. The van der Waals surface area contributed by atoms with Crippen LogP contribution in [0.25, 0.3) is 0 Å². The van der Waals surface area contributed by atoms with E-state index in [4.69, 9.17) is 23.7 Å². The molecule has 2 N–H and O–H groups in total. The summed E-state index contributed by atoms with van der Waals surface area (Å²) in [7, 11) is -2.47. The first-order valence-corrected chi connectivity index (χ1v) is 17.8. The van der Waals surface area contributed by atoms with Crippen LogP contribution in [-0.2, 0) is 42.0 Å². The zero-order valence-corrected chi connectivity index (χ0v) is 28.5. The lowest BCUT2D eigenvalue weighted by Gasteiger charge is -2.35. The Labute approximate surface area is 283 Å². The van der Waals surface area contributed by atoms with Crippen molar-refractivity contribution in [1.82, 2.24) is 9.62 Å². The van der Waals surface area contributed by atoms with Crippen LogP contribution in [0.3, 0.4) is 0 Å². The highest BCUT2D eigenvalue weighted by molar-refractivity contribution is 7.89. The van der Waals surface area contributed by atoms with Gasteiger partial charge in [-0.15, -0.1) is 0 Å². The number of carbonyl (C=O) groups is 1. The summed E-state index contributed by atoms with van der Waals surface area (Å²) in [6, 6.07) is 24.5. The van der Waals surface area contributed by atoms with Crippen molar-refractivity contribution in [3.63, 3.8) is 0 Å². The van der Waals surface area contributed by atoms with Gasteiger partial charge in [0.2, 0.25) is 10.0 Å². The molecule has 2 aliphatic heterocycles. The minimum absolute atomic E-state index is 0.0251. The van der Waals surface area contributed by atoms with Gasteiger partial charge in [-0.2, -0.15) is 4.31 Å². The molecule has 0 radical (unpaired) electrons. The third-order valence-corrected chi connectivity index (χ3v) is 10.4. The van der Waals surface area contributed by atoms with Crippen molar-refractivity contribution in [3.8, 4) is 5.75 Å². The average Bonchev–Trinajstić information content (AvgIpc) is 3.51. The van der Waals surface area contributed by atoms with Crippen LogP contribution in [0.15, 0.2) is 89.8 Å². The number of benzene rings is 3. The Morgan fingerprint density at radius 3 is 2.25 bits per heavy atom. The van der Waals surface area contributed by atoms with Gasteiger partial charge in [0, 0.05) is 19.5 Å². The molecule has 0 aromatic heterocycles. The number of alkyl carbamates (subject to hydrolysis) is 1. The van der Waals surface area contributed by atoms with Crippen LogP contribution in [0.4, 0.5) is 4.79 Å². The largest absolute Gasteiger partial charge is 0.497 e.